The van der Waals surface area contributed by atoms with E-state index in [0.717, 1.165) is 16.9 Å². The number of pyridine rings is 1. The Bertz CT molecular complexity index is 1360. The number of rotatable bonds is 5. The summed E-state index contributed by atoms with van der Waals surface area (Å²) in [5, 5.41) is 8.84. The predicted octanol–water partition coefficient (Wildman–Crippen LogP) is 4.47. The number of urea groups is 1. The lowest BCUT2D eigenvalue weighted by Crippen LogP contribution is -2.34. The van der Waals surface area contributed by atoms with Crippen molar-refractivity contribution in [3.63, 3.8) is 0 Å². The molecule has 3 atom stereocenters. The van der Waals surface area contributed by atoms with Crippen LogP contribution in [0.25, 0.3) is 0 Å². The number of hydrogen-bond acceptors (Lipinski definition) is 6. The molecule has 0 radical (unpaired) electrons. The molecule has 0 unspecified atom stereocenters. The first-order valence-corrected chi connectivity index (χ1v) is 11.6. The van der Waals surface area contributed by atoms with Crippen molar-refractivity contribution >= 4 is 35.0 Å². The van der Waals surface area contributed by atoms with E-state index in [4.69, 9.17) is 25.8 Å². The Balaban J connectivity index is 1.14. The Morgan fingerprint density at radius 3 is 2.94 bits per heavy atom. The van der Waals surface area contributed by atoms with Crippen LogP contribution in [-0.4, -0.2) is 36.2 Å². The van der Waals surface area contributed by atoms with Crippen molar-refractivity contribution in [3.05, 3.63) is 64.8 Å². The molecule has 3 aromatic rings. The van der Waals surface area contributed by atoms with Gasteiger partial charge in [-0.1, -0.05) is 17.7 Å². The smallest absolute Gasteiger partial charge is 0.319 e. The van der Waals surface area contributed by atoms with Crippen LogP contribution in [0.5, 0.6) is 23.0 Å². The number of methoxy groups -OCH3 is 1. The van der Waals surface area contributed by atoms with Crippen LogP contribution in [0.1, 0.15) is 23.5 Å². The fraction of sp³-hybridized carbons (Fsp3) is 0.240. The van der Waals surface area contributed by atoms with Crippen LogP contribution in [0.4, 0.5) is 16.3 Å². The molecule has 3 aliphatic rings. The number of nitrogens with one attached hydrogen (secondary N) is 3. The summed E-state index contributed by atoms with van der Waals surface area (Å²) in [4.78, 5) is 28.5. The van der Waals surface area contributed by atoms with Gasteiger partial charge in [0.2, 0.25) is 5.91 Å². The minimum atomic E-state index is -0.373. The summed E-state index contributed by atoms with van der Waals surface area (Å²) < 4.78 is 17.4. The Morgan fingerprint density at radius 2 is 2.09 bits per heavy atom. The zero-order valence-electron chi connectivity index (χ0n) is 18.6. The number of carbonyl (C=O) groups is 2. The van der Waals surface area contributed by atoms with Crippen LogP contribution in [-0.2, 0) is 11.2 Å². The van der Waals surface area contributed by atoms with E-state index in [2.05, 4.69) is 20.9 Å². The monoisotopic (exact) mass is 492 g/mol. The van der Waals surface area contributed by atoms with E-state index in [1.165, 1.54) is 7.11 Å². The maximum atomic E-state index is 12.6. The van der Waals surface area contributed by atoms with Gasteiger partial charge < -0.3 is 30.2 Å². The van der Waals surface area contributed by atoms with Crippen LogP contribution in [0, 0.1) is 0 Å². The van der Waals surface area contributed by atoms with E-state index < -0.39 is 0 Å². The topological polar surface area (TPSA) is 111 Å². The van der Waals surface area contributed by atoms with E-state index in [-0.39, 0.29) is 30.0 Å². The van der Waals surface area contributed by atoms with E-state index >= 15 is 0 Å². The lowest BCUT2D eigenvalue weighted by atomic mass is 10.1. The molecule has 10 heteroatoms. The molecule has 2 aliphatic heterocycles. The molecule has 35 heavy (non-hydrogen) atoms. The summed E-state index contributed by atoms with van der Waals surface area (Å²) in [5.74, 6) is 3.10. The van der Waals surface area contributed by atoms with Gasteiger partial charge in [0.1, 0.15) is 39.9 Å². The normalized spacial score (nSPS) is 21.0. The number of hydrogen-bond donors (Lipinski definition) is 3. The highest BCUT2D eigenvalue weighted by molar-refractivity contribution is 6.35. The largest absolute Gasteiger partial charge is 0.495 e. The van der Waals surface area contributed by atoms with Crippen molar-refractivity contribution < 1.29 is 23.8 Å². The number of anilines is 2. The maximum absolute atomic E-state index is 12.6. The van der Waals surface area contributed by atoms with E-state index in [9.17, 15) is 9.59 Å². The first-order chi connectivity index (χ1) is 17.0. The maximum Gasteiger partial charge on any atom is 0.319 e. The number of carbonyl (C=O) groups excluding carboxylic acids is 2. The van der Waals surface area contributed by atoms with Gasteiger partial charge in [-0.25, -0.2) is 9.78 Å². The summed E-state index contributed by atoms with van der Waals surface area (Å²) in [6.45, 7) is 0. The Kier molecular flexibility index (Phi) is 5.14. The molecule has 0 bridgehead atoms. The van der Waals surface area contributed by atoms with Crippen LogP contribution in [0.2, 0.25) is 5.02 Å². The summed E-state index contributed by atoms with van der Waals surface area (Å²) >= 11 is 6.27. The van der Waals surface area contributed by atoms with Crippen molar-refractivity contribution in [1.82, 2.24) is 10.3 Å². The number of fused-ring (bicyclic) bond motifs is 4. The van der Waals surface area contributed by atoms with E-state index in [1.54, 1.807) is 30.5 Å². The number of nitrogens with zero attached hydrogens (tertiary/aromatic N) is 1. The van der Waals surface area contributed by atoms with Crippen molar-refractivity contribution in [2.45, 2.75) is 30.9 Å². The minimum Gasteiger partial charge on any atom is -0.495 e. The first-order valence-electron chi connectivity index (χ1n) is 11.2. The van der Waals surface area contributed by atoms with Crippen LogP contribution >= 0.6 is 11.6 Å². The molecule has 9 nitrogen and oxygen atoms in total. The average molecular weight is 493 g/mol. The van der Waals surface area contributed by atoms with Gasteiger partial charge in [0.25, 0.3) is 0 Å². The molecule has 3 heterocycles. The second kappa shape index (κ2) is 8.35. The molecule has 0 spiro atoms. The fourth-order valence-corrected chi connectivity index (χ4v) is 4.88. The van der Waals surface area contributed by atoms with Gasteiger partial charge in [0.05, 0.1) is 24.8 Å². The van der Waals surface area contributed by atoms with Crippen LogP contribution < -0.4 is 30.2 Å². The lowest BCUT2D eigenvalue weighted by Gasteiger charge is -2.19. The molecule has 1 saturated carbocycles. The standard InChI is InChI=1S/C25H21ClN4O5/c1-33-18-4-2-3-15(21(18)26)28-25(32)30-22-20-14-11-12(5-7-16(14)35-23(20)22)34-17-9-10-27-24-13(17)6-8-19(31)29-24/h2-5,7,9-11,20,22-23H,6,8H2,1H3,(H,27,29,31)(H2,28,30,32)/t20-,22+,23-/m0/s1. The van der Waals surface area contributed by atoms with Crippen molar-refractivity contribution in [1.29, 1.82) is 0 Å². The summed E-state index contributed by atoms with van der Waals surface area (Å²) in [6, 6.07) is 12.1. The average Bonchev–Trinajstić information content (AvgIpc) is 3.36. The highest BCUT2D eigenvalue weighted by Gasteiger charge is 2.59. The van der Waals surface area contributed by atoms with Gasteiger partial charge in [0, 0.05) is 23.7 Å². The number of aromatic nitrogens is 1. The molecule has 2 aromatic carbocycles. The van der Waals surface area contributed by atoms with E-state index in [0.29, 0.717) is 46.6 Å². The first kappa shape index (κ1) is 21.5. The van der Waals surface area contributed by atoms with Crippen LogP contribution in [0.3, 0.4) is 0 Å². The fourth-order valence-electron chi connectivity index (χ4n) is 4.63. The molecule has 6 rings (SSSR count). The van der Waals surface area contributed by atoms with Gasteiger partial charge in [-0.3, -0.25) is 4.79 Å². The second-order valence-electron chi connectivity index (χ2n) is 8.54. The molecule has 178 valence electrons. The highest BCUT2D eigenvalue weighted by atomic mass is 35.5. The molecular weight excluding hydrogens is 472 g/mol. The third kappa shape index (κ3) is 3.87. The predicted molar refractivity (Wildman–Crippen MR) is 129 cm³/mol. The molecular formula is C25H21ClN4O5. The SMILES string of the molecule is COc1cccc(NC(=O)N[C@H]2[C@H]3Oc4ccc(Oc5ccnc6c5CCC(=O)N6)cc4[C@@H]23)c1Cl. The highest BCUT2D eigenvalue weighted by Crippen LogP contribution is 2.54. The van der Waals surface area contributed by atoms with E-state index in [1.807, 2.05) is 18.2 Å². The summed E-state index contributed by atoms with van der Waals surface area (Å²) in [5.41, 5.74) is 2.32. The summed E-state index contributed by atoms with van der Waals surface area (Å²) in [7, 11) is 1.52. The lowest BCUT2D eigenvalue weighted by molar-refractivity contribution is -0.116. The zero-order chi connectivity index (χ0) is 24.1. The number of ether oxygens (including phenoxy) is 3. The van der Waals surface area contributed by atoms with Gasteiger partial charge in [-0.15, -0.1) is 0 Å². The Morgan fingerprint density at radius 1 is 1.20 bits per heavy atom. The van der Waals surface area contributed by atoms with Crippen LogP contribution in [0.15, 0.2) is 48.7 Å². The molecule has 1 aliphatic carbocycles. The molecule has 3 amide bonds. The number of amides is 3. The third-order valence-electron chi connectivity index (χ3n) is 6.39. The zero-order valence-corrected chi connectivity index (χ0v) is 19.4. The Labute approximate surface area is 205 Å². The van der Waals surface area contributed by atoms with Gasteiger partial charge in [-0.05, 0) is 42.8 Å². The molecule has 3 N–H and O–H groups in total. The third-order valence-corrected chi connectivity index (χ3v) is 6.78. The Hall–Kier alpha value is -3.98. The quantitative estimate of drug-likeness (QED) is 0.484. The molecule has 1 fully saturated rings. The molecule has 1 aromatic heterocycles. The van der Waals surface area contributed by atoms with Crippen molar-refractivity contribution in [2.75, 3.05) is 17.7 Å². The summed E-state index contributed by atoms with van der Waals surface area (Å²) in [6.07, 6.45) is 2.45. The van der Waals surface area contributed by atoms with Gasteiger partial charge in [0.15, 0.2) is 0 Å². The number of halogens is 1. The second-order valence-corrected chi connectivity index (χ2v) is 8.92. The minimum absolute atomic E-state index is 0.0331. The number of benzene rings is 2. The van der Waals surface area contributed by atoms with Gasteiger partial charge in [-0.2, -0.15) is 0 Å². The van der Waals surface area contributed by atoms with Gasteiger partial charge >= 0.3 is 6.03 Å². The molecule has 0 saturated heterocycles. The van der Waals surface area contributed by atoms with Crippen molar-refractivity contribution in [3.8, 4) is 23.0 Å². The van der Waals surface area contributed by atoms with Crippen molar-refractivity contribution in [2.24, 2.45) is 0 Å².